The fourth-order valence-electron chi connectivity index (χ4n) is 0.866. The van der Waals surface area contributed by atoms with Gasteiger partial charge < -0.3 is 0 Å². The Kier molecular flexibility index (Phi) is 4.86. The highest BCUT2D eigenvalue weighted by molar-refractivity contribution is 14.3. The number of aryl methyl sites for hydroxylation is 1. The first-order valence-electron chi connectivity index (χ1n) is 3.25. The Morgan fingerprint density at radius 3 is 2.17 bits per heavy atom. The van der Waals surface area contributed by atoms with Crippen molar-refractivity contribution < 1.29 is 0 Å². The summed E-state index contributed by atoms with van der Waals surface area (Å²) < 4.78 is 1.56. The molecular formula is C8H6I4. The largest absolute Gasteiger partial charge is 0.150 e. The lowest BCUT2D eigenvalue weighted by molar-refractivity contribution is 1.32. The summed E-state index contributed by atoms with van der Waals surface area (Å²) in [5.41, 5.74) is 2.77. The second-order valence-corrected chi connectivity index (χ2v) is 14.6. The molecule has 0 spiro atoms. The van der Waals surface area contributed by atoms with E-state index in [1.807, 2.05) is 0 Å². The van der Waals surface area contributed by atoms with Crippen LogP contribution in [0.1, 0.15) is 11.1 Å². The van der Waals surface area contributed by atoms with E-state index in [-0.39, 0.29) is -0.565 Å². The maximum atomic E-state index is 2.45. The summed E-state index contributed by atoms with van der Waals surface area (Å²) >= 11 is 9.78. The van der Waals surface area contributed by atoms with Gasteiger partial charge in [-0.1, -0.05) is 18.2 Å². The molecule has 4 heteroatoms. The molecule has 0 bridgehead atoms. The third kappa shape index (κ3) is 3.07. The van der Waals surface area contributed by atoms with Crippen molar-refractivity contribution in [1.29, 1.82) is 0 Å². The molecule has 0 nitrogen and oxygen atoms in total. The van der Waals surface area contributed by atoms with E-state index in [9.17, 15) is 0 Å². The number of alkyl halides is 3. The predicted octanol–water partition coefficient (Wildman–Crippen LogP) is 5.01. The monoisotopic (exact) mass is 610 g/mol. The lowest BCUT2D eigenvalue weighted by Crippen LogP contribution is -2.01. The zero-order chi connectivity index (χ0) is 9.35. The molecular weight excluding hydrogens is 604 g/mol. The lowest BCUT2D eigenvalue weighted by Gasteiger charge is -2.15. The van der Waals surface area contributed by atoms with E-state index in [4.69, 9.17) is 0 Å². The fraction of sp³-hybridized carbons (Fsp3) is 0.250. The van der Waals surface area contributed by atoms with Crippen LogP contribution in [0.4, 0.5) is 0 Å². The van der Waals surface area contributed by atoms with Crippen LogP contribution in [-0.4, -0.2) is 0 Å². The molecule has 0 aliphatic rings. The number of hydrogen-bond acceptors (Lipinski definition) is 0. The zero-order valence-corrected chi connectivity index (χ0v) is 14.9. The second kappa shape index (κ2) is 4.77. The van der Waals surface area contributed by atoms with Crippen molar-refractivity contribution >= 4 is 90.4 Å². The molecule has 0 heterocycles. The van der Waals surface area contributed by atoms with Crippen LogP contribution in [0.3, 0.4) is 0 Å². The van der Waals surface area contributed by atoms with Gasteiger partial charge in [0.15, 0.2) is 0 Å². The van der Waals surface area contributed by atoms with Gasteiger partial charge in [-0.25, -0.2) is 0 Å². The van der Waals surface area contributed by atoms with Gasteiger partial charge in [0.05, 0.1) is 0 Å². The molecule has 0 saturated carbocycles. The molecule has 1 aromatic carbocycles. The highest BCUT2D eigenvalue weighted by Crippen LogP contribution is 2.47. The first-order chi connectivity index (χ1) is 5.43. The Bertz CT molecular complexity index is 288. The topological polar surface area (TPSA) is 0 Å². The number of halogens is 4. The molecule has 0 saturated heterocycles. The Labute approximate surface area is 127 Å². The van der Waals surface area contributed by atoms with Crippen LogP contribution in [0.2, 0.25) is 0 Å². The molecule has 0 radical (unpaired) electrons. The maximum absolute atomic E-state index is 2.45. The number of hydrogen-bond donors (Lipinski definition) is 0. The second-order valence-electron chi connectivity index (χ2n) is 2.43. The Morgan fingerprint density at radius 1 is 1.17 bits per heavy atom. The Balaban J connectivity index is 3.26. The minimum Gasteiger partial charge on any atom is -0.0616 e. The standard InChI is InChI=1S/C8H6I4/c1-5-3-2-4-6(7(5)9)8(10,11)12/h2-4H,1H3. The minimum absolute atomic E-state index is 0.176. The Hall–Kier alpha value is 2.14. The molecule has 0 aliphatic carbocycles. The summed E-state index contributed by atoms with van der Waals surface area (Å²) in [6.07, 6.45) is 0. The van der Waals surface area contributed by atoms with Crippen LogP contribution >= 0.6 is 90.4 Å². The van der Waals surface area contributed by atoms with Gasteiger partial charge in [-0.3, -0.25) is 0 Å². The fourth-order valence-corrected chi connectivity index (χ4v) is 4.53. The maximum Gasteiger partial charge on any atom is 0.150 e. The first-order valence-corrected chi connectivity index (χ1v) is 7.56. The minimum atomic E-state index is 0.176. The average molecular weight is 610 g/mol. The number of rotatable bonds is 1. The summed E-state index contributed by atoms with van der Waals surface area (Å²) in [5, 5.41) is 0. The molecule has 0 aromatic heterocycles. The molecule has 1 aromatic rings. The normalized spacial score (nSPS) is 11.8. The van der Waals surface area contributed by atoms with Gasteiger partial charge in [0, 0.05) is 9.13 Å². The quantitative estimate of drug-likeness (QED) is 0.310. The van der Waals surface area contributed by atoms with Crippen LogP contribution in [0, 0.1) is 10.5 Å². The highest BCUT2D eigenvalue weighted by Gasteiger charge is 2.23. The van der Waals surface area contributed by atoms with E-state index in [1.165, 1.54) is 14.7 Å². The molecule has 0 unspecified atom stereocenters. The van der Waals surface area contributed by atoms with Crippen LogP contribution in [0.25, 0.3) is 0 Å². The third-order valence-electron chi connectivity index (χ3n) is 1.50. The molecule has 0 aliphatic heterocycles. The third-order valence-corrected chi connectivity index (χ3v) is 4.67. The van der Waals surface area contributed by atoms with Gasteiger partial charge in [0.25, 0.3) is 0 Å². The molecule has 12 heavy (non-hydrogen) atoms. The smallest absolute Gasteiger partial charge is 0.0616 e. The molecule has 66 valence electrons. The van der Waals surface area contributed by atoms with Crippen LogP contribution in [0.15, 0.2) is 18.2 Å². The van der Waals surface area contributed by atoms with Crippen molar-refractivity contribution in [3.8, 4) is 0 Å². The van der Waals surface area contributed by atoms with Gasteiger partial charge >= 0.3 is 0 Å². The highest BCUT2D eigenvalue weighted by atomic mass is 127. The molecule has 1 rings (SSSR count). The van der Waals surface area contributed by atoms with Gasteiger partial charge in [-0.2, -0.15) is 0 Å². The lowest BCUT2D eigenvalue weighted by atomic mass is 10.2. The molecule has 0 N–H and O–H groups in total. The predicted molar refractivity (Wildman–Crippen MR) is 87.6 cm³/mol. The van der Waals surface area contributed by atoms with E-state index in [1.54, 1.807) is 0 Å². The van der Waals surface area contributed by atoms with E-state index in [2.05, 4.69) is 115 Å². The SMILES string of the molecule is Cc1cccc(C(I)(I)I)c1I. The average Bonchev–Trinajstić information content (AvgIpc) is 1.92. The van der Waals surface area contributed by atoms with Crippen molar-refractivity contribution in [3.05, 3.63) is 32.9 Å². The molecule has 0 amide bonds. The summed E-state index contributed by atoms with van der Waals surface area (Å²) in [7, 11) is 0. The summed E-state index contributed by atoms with van der Waals surface area (Å²) in [6.45, 7) is 2.15. The van der Waals surface area contributed by atoms with Crippen LogP contribution in [-0.2, 0) is -0.565 Å². The van der Waals surface area contributed by atoms with Crippen molar-refractivity contribution in [2.24, 2.45) is 0 Å². The van der Waals surface area contributed by atoms with Gasteiger partial charge in [-0.15, -0.1) is 0 Å². The van der Waals surface area contributed by atoms with Crippen molar-refractivity contribution in [3.63, 3.8) is 0 Å². The number of benzene rings is 1. The first kappa shape index (κ1) is 12.2. The molecule has 0 fully saturated rings. The van der Waals surface area contributed by atoms with E-state index in [0.717, 1.165) is 0 Å². The molecule has 0 atom stereocenters. The van der Waals surface area contributed by atoms with E-state index < -0.39 is 0 Å². The van der Waals surface area contributed by atoms with Crippen molar-refractivity contribution in [2.45, 2.75) is 6.36 Å². The van der Waals surface area contributed by atoms with Crippen LogP contribution < -0.4 is 0 Å². The van der Waals surface area contributed by atoms with E-state index in [0.29, 0.717) is 0 Å². The van der Waals surface area contributed by atoms with Crippen molar-refractivity contribution in [1.82, 2.24) is 0 Å². The summed E-state index contributed by atoms with van der Waals surface area (Å²) in [5.74, 6) is 0. The summed E-state index contributed by atoms with van der Waals surface area (Å²) in [4.78, 5) is 0. The van der Waals surface area contributed by atoms with Crippen molar-refractivity contribution in [2.75, 3.05) is 0 Å². The van der Waals surface area contributed by atoms with Gasteiger partial charge in [-0.05, 0) is 103 Å². The van der Waals surface area contributed by atoms with Gasteiger partial charge in [0.2, 0.25) is 0 Å². The van der Waals surface area contributed by atoms with Gasteiger partial charge in [0.1, 0.15) is -0.565 Å². The van der Waals surface area contributed by atoms with Crippen LogP contribution in [0.5, 0.6) is 0 Å². The van der Waals surface area contributed by atoms with E-state index >= 15 is 0 Å². The summed E-state index contributed by atoms with van der Waals surface area (Å²) in [6, 6.07) is 6.47. The zero-order valence-electron chi connectivity index (χ0n) is 6.24. The Morgan fingerprint density at radius 2 is 1.75 bits per heavy atom.